The van der Waals surface area contributed by atoms with Crippen LogP contribution in [0.4, 0.5) is 0 Å². The number of hydrazone groups is 1. The van der Waals surface area contributed by atoms with E-state index in [1.807, 2.05) is 12.1 Å². The van der Waals surface area contributed by atoms with E-state index < -0.39 is 0 Å². The second kappa shape index (κ2) is 4.79. The summed E-state index contributed by atoms with van der Waals surface area (Å²) in [5.41, 5.74) is 4.21. The highest BCUT2D eigenvalue weighted by Crippen LogP contribution is 2.34. The number of phenols is 1. The molecule has 0 spiro atoms. The molecule has 1 atom stereocenters. The van der Waals surface area contributed by atoms with Crippen molar-refractivity contribution in [3.63, 3.8) is 0 Å². The molecule has 98 valence electrons. The average Bonchev–Trinajstić information content (AvgIpc) is 3.03. The number of nitrogens with one attached hydrogen (secondary N) is 1. The van der Waals surface area contributed by atoms with Gasteiger partial charge in [-0.1, -0.05) is 23.2 Å². The summed E-state index contributed by atoms with van der Waals surface area (Å²) in [6, 6.07) is 6.80. The van der Waals surface area contributed by atoms with Crippen LogP contribution in [0, 0.1) is 0 Å². The van der Waals surface area contributed by atoms with Crippen molar-refractivity contribution in [3.05, 3.63) is 51.9 Å². The zero-order valence-electron chi connectivity index (χ0n) is 9.73. The topological polar surface area (TPSA) is 57.8 Å². The van der Waals surface area contributed by atoms with E-state index in [-0.39, 0.29) is 16.8 Å². The van der Waals surface area contributed by atoms with Gasteiger partial charge in [-0.2, -0.15) is 5.10 Å². The monoisotopic (exact) mass is 296 g/mol. The number of phenolic OH excluding ortho intramolecular Hbond substituents is 1. The molecule has 0 bridgehead atoms. The number of nitrogens with zero attached hydrogens (tertiary/aromatic N) is 1. The first-order valence-electron chi connectivity index (χ1n) is 5.69. The summed E-state index contributed by atoms with van der Waals surface area (Å²) in [4.78, 5) is 0. The first-order valence-corrected chi connectivity index (χ1v) is 6.44. The van der Waals surface area contributed by atoms with Gasteiger partial charge >= 0.3 is 0 Å². The molecular weight excluding hydrogens is 287 g/mol. The van der Waals surface area contributed by atoms with Crippen molar-refractivity contribution in [2.45, 2.75) is 12.5 Å². The molecule has 1 aliphatic rings. The Morgan fingerprint density at radius 2 is 2.21 bits per heavy atom. The molecular formula is C13H10Cl2N2O2. The summed E-state index contributed by atoms with van der Waals surface area (Å²) in [6.45, 7) is 0. The molecule has 2 N–H and O–H groups in total. The minimum atomic E-state index is -0.0397. The highest BCUT2D eigenvalue weighted by Gasteiger charge is 2.25. The lowest BCUT2D eigenvalue weighted by Crippen LogP contribution is -2.08. The fraction of sp³-hybridized carbons (Fsp3) is 0.154. The molecule has 0 radical (unpaired) electrons. The summed E-state index contributed by atoms with van der Waals surface area (Å²) in [7, 11) is 0. The number of halogens is 2. The zero-order chi connectivity index (χ0) is 13.4. The molecule has 1 aromatic heterocycles. The largest absolute Gasteiger partial charge is 0.506 e. The molecule has 6 heteroatoms. The van der Waals surface area contributed by atoms with Crippen molar-refractivity contribution in [1.82, 2.24) is 5.43 Å². The van der Waals surface area contributed by atoms with Crippen LogP contribution in [-0.2, 0) is 0 Å². The molecule has 1 aliphatic heterocycles. The minimum Gasteiger partial charge on any atom is -0.506 e. The van der Waals surface area contributed by atoms with Crippen LogP contribution >= 0.6 is 23.2 Å². The maximum absolute atomic E-state index is 9.98. The fourth-order valence-electron chi connectivity index (χ4n) is 2.05. The van der Waals surface area contributed by atoms with Gasteiger partial charge in [0.15, 0.2) is 0 Å². The Bertz CT molecular complexity index is 638. The maximum atomic E-state index is 9.98. The van der Waals surface area contributed by atoms with Crippen molar-refractivity contribution in [2.24, 2.45) is 5.10 Å². The van der Waals surface area contributed by atoms with Crippen LogP contribution in [0.1, 0.15) is 23.8 Å². The predicted molar refractivity (Wildman–Crippen MR) is 73.9 cm³/mol. The van der Waals surface area contributed by atoms with Crippen molar-refractivity contribution >= 4 is 28.9 Å². The van der Waals surface area contributed by atoms with Crippen LogP contribution in [-0.4, -0.2) is 10.8 Å². The van der Waals surface area contributed by atoms with Gasteiger partial charge in [0, 0.05) is 17.0 Å². The van der Waals surface area contributed by atoms with E-state index >= 15 is 0 Å². The number of rotatable bonds is 2. The van der Waals surface area contributed by atoms with Gasteiger partial charge in [0.2, 0.25) is 0 Å². The number of benzene rings is 1. The van der Waals surface area contributed by atoms with Crippen LogP contribution in [0.15, 0.2) is 40.0 Å². The lowest BCUT2D eigenvalue weighted by molar-refractivity contribution is 0.440. The third kappa shape index (κ3) is 2.29. The summed E-state index contributed by atoms with van der Waals surface area (Å²) in [6.07, 6.45) is 2.21. The molecule has 1 aromatic carbocycles. The van der Waals surface area contributed by atoms with Crippen LogP contribution in [0.25, 0.3) is 0 Å². The van der Waals surface area contributed by atoms with Gasteiger partial charge in [-0.15, -0.1) is 0 Å². The van der Waals surface area contributed by atoms with Crippen LogP contribution in [0.5, 0.6) is 5.75 Å². The Hall–Kier alpha value is -1.65. The van der Waals surface area contributed by atoms with Crippen LogP contribution < -0.4 is 5.43 Å². The zero-order valence-corrected chi connectivity index (χ0v) is 11.2. The SMILES string of the molecule is Oc1c(Cl)cc(Cl)cc1C1=NNC(c2ccco2)C1. The number of hydrogen-bond donors (Lipinski definition) is 2. The van der Waals surface area contributed by atoms with E-state index in [1.165, 1.54) is 6.07 Å². The Morgan fingerprint density at radius 1 is 1.37 bits per heavy atom. The average molecular weight is 297 g/mol. The van der Waals surface area contributed by atoms with Crippen LogP contribution in [0.3, 0.4) is 0 Å². The number of hydrogen-bond acceptors (Lipinski definition) is 4. The number of furan rings is 1. The van der Waals surface area contributed by atoms with Crippen molar-refractivity contribution < 1.29 is 9.52 Å². The molecule has 2 heterocycles. The summed E-state index contributed by atoms with van der Waals surface area (Å²) >= 11 is 11.9. The van der Waals surface area contributed by atoms with E-state index in [4.69, 9.17) is 27.6 Å². The third-order valence-electron chi connectivity index (χ3n) is 2.98. The molecule has 0 amide bonds. The Kier molecular flexibility index (Phi) is 3.12. The van der Waals surface area contributed by atoms with E-state index in [1.54, 1.807) is 12.3 Å². The summed E-state index contributed by atoms with van der Waals surface area (Å²) in [5, 5.41) is 14.9. The minimum absolute atomic E-state index is 0.00767. The molecule has 0 saturated carbocycles. The Morgan fingerprint density at radius 3 is 2.95 bits per heavy atom. The molecule has 1 unspecified atom stereocenters. The molecule has 3 rings (SSSR count). The second-order valence-corrected chi connectivity index (χ2v) is 5.09. The van der Waals surface area contributed by atoms with E-state index in [0.29, 0.717) is 22.7 Å². The summed E-state index contributed by atoms with van der Waals surface area (Å²) in [5.74, 6) is 0.790. The van der Waals surface area contributed by atoms with Crippen molar-refractivity contribution in [1.29, 1.82) is 0 Å². The molecule has 0 aliphatic carbocycles. The van der Waals surface area contributed by atoms with E-state index in [0.717, 1.165) is 5.76 Å². The van der Waals surface area contributed by atoms with Gasteiger partial charge in [-0.25, -0.2) is 0 Å². The van der Waals surface area contributed by atoms with Gasteiger partial charge in [0.05, 0.1) is 17.0 Å². The van der Waals surface area contributed by atoms with E-state index in [2.05, 4.69) is 10.5 Å². The van der Waals surface area contributed by atoms with Gasteiger partial charge in [-0.3, -0.25) is 5.43 Å². The number of aromatic hydroxyl groups is 1. The van der Waals surface area contributed by atoms with E-state index in [9.17, 15) is 5.11 Å². The lowest BCUT2D eigenvalue weighted by Gasteiger charge is -2.07. The van der Waals surface area contributed by atoms with Crippen molar-refractivity contribution in [2.75, 3.05) is 0 Å². The summed E-state index contributed by atoms with van der Waals surface area (Å²) < 4.78 is 5.33. The third-order valence-corrected chi connectivity index (χ3v) is 3.48. The molecule has 0 saturated heterocycles. The predicted octanol–water partition coefficient (Wildman–Crippen LogP) is 3.73. The molecule has 0 fully saturated rings. The standard InChI is InChI=1S/C13H10Cl2N2O2/c14-7-4-8(13(18)9(15)5-7)10-6-11(17-16-10)12-2-1-3-19-12/h1-5,11,17-18H,6H2. The normalized spacial score (nSPS) is 18.2. The maximum Gasteiger partial charge on any atom is 0.143 e. The van der Waals surface area contributed by atoms with Crippen LogP contribution in [0.2, 0.25) is 10.0 Å². The van der Waals surface area contributed by atoms with Gasteiger partial charge < -0.3 is 9.52 Å². The fourth-order valence-corrected chi connectivity index (χ4v) is 2.54. The lowest BCUT2D eigenvalue weighted by atomic mass is 10.0. The Labute approximate surface area is 119 Å². The van der Waals surface area contributed by atoms with Gasteiger partial charge in [-0.05, 0) is 24.3 Å². The second-order valence-electron chi connectivity index (χ2n) is 4.24. The smallest absolute Gasteiger partial charge is 0.143 e. The highest BCUT2D eigenvalue weighted by molar-refractivity contribution is 6.36. The molecule has 2 aromatic rings. The van der Waals surface area contributed by atoms with Gasteiger partial charge in [0.25, 0.3) is 0 Å². The highest BCUT2D eigenvalue weighted by atomic mass is 35.5. The quantitative estimate of drug-likeness (QED) is 0.888. The first-order chi connectivity index (χ1) is 9.15. The molecule has 19 heavy (non-hydrogen) atoms. The Balaban J connectivity index is 1.89. The first kappa shape index (κ1) is 12.4. The van der Waals surface area contributed by atoms with Crippen molar-refractivity contribution in [3.8, 4) is 5.75 Å². The van der Waals surface area contributed by atoms with Gasteiger partial charge in [0.1, 0.15) is 17.6 Å². The molecule has 4 nitrogen and oxygen atoms in total.